The molecule has 1 N–H and O–H groups in total. The zero-order valence-electron chi connectivity index (χ0n) is 18.7. The summed E-state index contributed by atoms with van der Waals surface area (Å²) in [6.45, 7) is 3.97. The zero-order valence-corrected chi connectivity index (χ0v) is 19.5. The summed E-state index contributed by atoms with van der Waals surface area (Å²) in [6, 6.07) is 29.9. The first-order valence-corrected chi connectivity index (χ1v) is 12.6. The molecule has 1 fully saturated rings. The molecule has 0 radical (unpaired) electrons. The number of rotatable bonds is 7. The third-order valence-electron chi connectivity index (χ3n) is 6.88. The molecular formula is C29H29N3S. The van der Waals surface area contributed by atoms with E-state index < -0.39 is 0 Å². The predicted molar refractivity (Wildman–Crippen MR) is 137 cm³/mol. The highest BCUT2D eigenvalue weighted by atomic mass is 32.1. The summed E-state index contributed by atoms with van der Waals surface area (Å²) in [4.78, 5) is 2.58. The van der Waals surface area contributed by atoms with E-state index in [1.807, 2.05) is 0 Å². The van der Waals surface area contributed by atoms with Crippen LogP contribution in [-0.4, -0.2) is 24.5 Å². The minimum Gasteiger partial charge on any atom is -0.299 e. The summed E-state index contributed by atoms with van der Waals surface area (Å²) in [5.41, 5.74) is 3.88. The number of thiophene rings is 1. The van der Waals surface area contributed by atoms with Crippen molar-refractivity contribution in [1.29, 1.82) is 5.26 Å². The van der Waals surface area contributed by atoms with E-state index in [0.29, 0.717) is 11.8 Å². The first-order chi connectivity index (χ1) is 16.3. The summed E-state index contributed by atoms with van der Waals surface area (Å²) < 4.78 is 0. The summed E-state index contributed by atoms with van der Waals surface area (Å²) in [5, 5.41) is 20.4. The van der Waals surface area contributed by atoms with Crippen molar-refractivity contribution < 1.29 is 0 Å². The van der Waals surface area contributed by atoms with Gasteiger partial charge in [0.25, 0.3) is 0 Å². The Bertz CT molecular complexity index is 1210. The van der Waals surface area contributed by atoms with Crippen LogP contribution in [0.1, 0.15) is 35.1 Å². The maximum absolute atomic E-state index is 10.1. The van der Waals surface area contributed by atoms with Crippen LogP contribution in [0.4, 0.5) is 0 Å². The molecule has 3 aromatic carbocycles. The molecule has 0 bridgehead atoms. The van der Waals surface area contributed by atoms with Gasteiger partial charge in [-0.15, -0.1) is 0 Å². The third kappa shape index (κ3) is 5.02. The van der Waals surface area contributed by atoms with Crippen molar-refractivity contribution >= 4 is 22.1 Å². The third-order valence-corrected chi connectivity index (χ3v) is 7.61. The Hall–Kier alpha value is -2.97. The number of likely N-dealkylation sites (tertiary alicyclic amines) is 1. The van der Waals surface area contributed by atoms with Gasteiger partial charge >= 0.3 is 0 Å². The quantitative estimate of drug-likeness (QED) is 0.355. The van der Waals surface area contributed by atoms with Gasteiger partial charge in [-0.25, -0.2) is 0 Å². The number of hydrogen-bond donors (Lipinski definition) is 1. The van der Waals surface area contributed by atoms with Gasteiger partial charge in [0.1, 0.15) is 6.04 Å². The van der Waals surface area contributed by atoms with Gasteiger partial charge in [0.2, 0.25) is 0 Å². The molecule has 1 aliphatic heterocycles. The normalized spacial score (nSPS) is 19.8. The van der Waals surface area contributed by atoms with E-state index in [2.05, 4.69) is 106 Å². The summed E-state index contributed by atoms with van der Waals surface area (Å²) in [7, 11) is 0. The van der Waals surface area contributed by atoms with Crippen LogP contribution in [0, 0.1) is 17.2 Å². The van der Waals surface area contributed by atoms with Crippen LogP contribution >= 0.6 is 11.3 Å². The Morgan fingerprint density at radius 1 is 1.00 bits per heavy atom. The van der Waals surface area contributed by atoms with Crippen molar-refractivity contribution in [2.45, 2.75) is 24.9 Å². The minimum atomic E-state index is -0.320. The van der Waals surface area contributed by atoms with E-state index in [9.17, 15) is 5.26 Å². The molecule has 1 saturated heterocycles. The van der Waals surface area contributed by atoms with Gasteiger partial charge < -0.3 is 0 Å². The number of benzene rings is 3. The Kier molecular flexibility index (Phi) is 6.83. The van der Waals surface area contributed by atoms with E-state index in [-0.39, 0.29) is 6.04 Å². The van der Waals surface area contributed by atoms with Crippen LogP contribution in [0.15, 0.2) is 89.6 Å². The fourth-order valence-corrected chi connectivity index (χ4v) is 5.89. The van der Waals surface area contributed by atoms with Gasteiger partial charge in [-0.1, -0.05) is 72.8 Å². The number of nitriles is 1. The lowest BCUT2D eigenvalue weighted by Crippen LogP contribution is -2.43. The van der Waals surface area contributed by atoms with E-state index in [1.54, 1.807) is 11.3 Å². The molecule has 0 spiro atoms. The number of piperidine rings is 1. The minimum absolute atomic E-state index is 0.320. The Labute approximate surface area is 200 Å². The predicted octanol–water partition coefficient (Wildman–Crippen LogP) is 6.36. The lowest BCUT2D eigenvalue weighted by atomic mass is 9.80. The van der Waals surface area contributed by atoms with E-state index >= 15 is 0 Å². The van der Waals surface area contributed by atoms with Crippen LogP contribution in [0.3, 0.4) is 0 Å². The standard InChI is InChI=1S/C29H29N3S/c30-17-29(28-12-6-10-24-9-4-5-11-27(24)28)31-18-25-20-32(19-22-14-16-33-21-22)15-13-26(25)23-7-2-1-3-8-23/h1-12,14,16,21,25-26,29,31H,13,15,18-20H2. The molecule has 4 aromatic rings. The van der Waals surface area contributed by atoms with Crippen LogP contribution < -0.4 is 5.32 Å². The van der Waals surface area contributed by atoms with Crippen molar-refractivity contribution in [3.8, 4) is 6.07 Å². The smallest absolute Gasteiger partial charge is 0.121 e. The van der Waals surface area contributed by atoms with E-state index in [4.69, 9.17) is 0 Å². The Morgan fingerprint density at radius 3 is 2.64 bits per heavy atom. The average Bonchev–Trinajstić information content (AvgIpc) is 3.38. The first-order valence-electron chi connectivity index (χ1n) is 11.7. The van der Waals surface area contributed by atoms with Gasteiger partial charge in [-0.05, 0) is 69.1 Å². The first kappa shape index (κ1) is 21.9. The van der Waals surface area contributed by atoms with Gasteiger partial charge in [-0.2, -0.15) is 16.6 Å². The van der Waals surface area contributed by atoms with Crippen molar-refractivity contribution in [2.75, 3.05) is 19.6 Å². The molecular weight excluding hydrogens is 422 g/mol. The lowest BCUT2D eigenvalue weighted by Gasteiger charge is -2.39. The monoisotopic (exact) mass is 451 g/mol. The van der Waals surface area contributed by atoms with Crippen LogP contribution in [0.5, 0.6) is 0 Å². The molecule has 0 saturated carbocycles. The molecule has 1 aliphatic rings. The molecule has 3 unspecified atom stereocenters. The van der Waals surface area contributed by atoms with Crippen molar-refractivity contribution in [3.63, 3.8) is 0 Å². The summed E-state index contributed by atoms with van der Waals surface area (Å²) in [5.74, 6) is 0.954. The highest BCUT2D eigenvalue weighted by molar-refractivity contribution is 7.07. The van der Waals surface area contributed by atoms with Crippen molar-refractivity contribution in [1.82, 2.24) is 10.2 Å². The molecule has 3 atom stereocenters. The van der Waals surface area contributed by atoms with Gasteiger partial charge in [0, 0.05) is 19.6 Å². The number of nitrogens with one attached hydrogen (secondary N) is 1. The van der Waals surface area contributed by atoms with Crippen molar-refractivity contribution in [3.05, 3.63) is 106 Å². The van der Waals surface area contributed by atoms with E-state index in [1.165, 1.54) is 16.5 Å². The molecule has 1 aromatic heterocycles. The number of fused-ring (bicyclic) bond motifs is 1. The maximum Gasteiger partial charge on any atom is 0.121 e. The topological polar surface area (TPSA) is 39.1 Å². The molecule has 0 amide bonds. The van der Waals surface area contributed by atoms with Gasteiger partial charge in [0.15, 0.2) is 0 Å². The van der Waals surface area contributed by atoms with Crippen molar-refractivity contribution in [2.24, 2.45) is 5.92 Å². The molecule has 33 heavy (non-hydrogen) atoms. The average molecular weight is 452 g/mol. The molecule has 0 aliphatic carbocycles. The largest absolute Gasteiger partial charge is 0.299 e. The fourth-order valence-electron chi connectivity index (χ4n) is 5.23. The second kappa shape index (κ2) is 10.3. The molecule has 2 heterocycles. The lowest BCUT2D eigenvalue weighted by molar-refractivity contribution is 0.144. The summed E-state index contributed by atoms with van der Waals surface area (Å²) in [6.07, 6.45) is 1.14. The van der Waals surface area contributed by atoms with Gasteiger partial charge in [0.05, 0.1) is 6.07 Å². The SMILES string of the molecule is N#CC(NCC1CN(Cc2ccsc2)CCC1c1ccccc1)c1cccc2ccccc12. The van der Waals surface area contributed by atoms with Gasteiger partial charge in [-0.3, -0.25) is 10.2 Å². The molecule has 166 valence electrons. The highest BCUT2D eigenvalue weighted by Crippen LogP contribution is 2.34. The second-order valence-electron chi connectivity index (χ2n) is 8.97. The van der Waals surface area contributed by atoms with E-state index in [0.717, 1.165) is 43.5 Å². The zero-order chi connectivity index (χ0) is 22.5. The molecule has 3 nitrogen and oxygen atoms in total. The fraction of sp³-hybridized carbons (Fsp3) is 0.276. The van der Waals surface area contributed by atoms with Crippen LogP contribution in [-0.2, 0) is 6.54 Å². The van der Waals surface area contributed by atoms with Crippen LogP contribution in [0.2, 0.25) is 0 Å². The second-order valence-corrected chi connectivity index (χ2v) is 9.75. The Balaban J connectivity index is 1.35. The highest BCUT2D eigenvalue weighted by Gasteiger charge is 2.31. The number of hydrogen-bond acceptors (Lipinski definition) is 4. The van der Waals surface area contributed by atoms with Crippen LogP contribution in [0.25, 0.3) is 10.8 Å². The molecule has 5 rings (SSSR count). The Morgan fingerprint density at radius 2 is 1.82 bits per heavy atom. The number of nitrogens with zero attached hydrogens (tertiary/aromatic N) is 2. The molecule has 4 heteroatoms. The summed E-state index contributed by atoms with van der Waals surface area (Å²) >= 11 is 1.77. The maximum atomic E-state index is 10.1.